The Balaban J connectivity index is 1.79. The van der Waals surface area contributed by atoms with Crippen LogP contribution in [0.4, 0.5) is 0 Å². The van der Waals surface area contributed by atoms with E-state index in [0.717, 1.165) is 6.42 Å². The lowest BCUT2D eigenvalue weighted by Crippen LogP contribution is -2.24. The fourth-order valence-electron chi connectivity index (χ4n) is 2.11. The van der Waals surface area contributed by atoms with Crippen LogP contribution in [0.1, 0.15) is 42.5 Å². The molecule has 1 aromatic heterocycles. The van der Waals surface area contributed by atoms with E-state index in [0.29, 0.717) is 16.7 Å². The molecule has 1 heterocycles. The molecular formula is C14H17BrN2O. The van der Waals surface area contributed by atoms with Crippen molar-refractivity contribution in [3.63, 3.8) is 0 Å². The first-order valence-corrected chi connectivity index (χ1v) is 7.12. The highest BCUT2D eigenvalue weighted by atomic mass is 79.9. The van der Waals surface area contributed by atoms with E-state index in [9.17, 15) is 4.79 Å². The quantitative estimate of drug-likeness (QED) is 0.683. The van der Waals surface area contributed by atoms with Crippen LogP contribution in [0.2, 0.25) is 0 Å². The van der Waals surface area contributed by atoms with Crippen molar-refractivity contribution in [3.05, 3.63) is 40.1 Å². The Hall–Kier alpha value is -1.16. The summed E-state index contributed by atoms with van der Waals surface area (Å²) in [6.45, 7) is 0.713. The third kappa shape index (κ3) is 3.95. The Morgan fingerprint density at radius 3 is 3.06 bits per heavy atom. The number of allylic oxidation sites excluding steroid dienone is 1. The molecule has 18 heavy (non-hydrogen) atoms. The molecule has 1 aliphatic carbocycles. The topological polar surface area (TPSA) is 42.0 Å². The van der Waals surface area contributed by atoms with Gasteiger partial charge in [0, 0.05) is 18.3 Å². The SMILES string of the molecule is O=C(NCCC1=CCCCC1)c1ccnc(Br)c1. The number of hydrogen-bond donors (Lipinski definition) is 1. The summed E-state index contributed by atoms with van der Waals surface area (Å²) in [5.41, 5.74) is 2.13. The Labute approximate surface area is 116 Å². The Bertz CT molecular complexity index is 457. The van der Waals surface area contributed by atoms with Gasteiger partial charge in [-0.2, -0.15) is 0 Å². The molecule has 3 nitrogen and oxygen atoms in total. The molecular weight excluding hydrogens is 292 g/mol. The molecule has 1 amide bonds. The number of pyridine rings is 1. The van der Waals surface area contributed by atoms with Crippen molar-refractivity contribution in [3.8, 4) is 0 Å². The minimum Gasteiger partial charge on any atom is -0.352 e. The van der Waals surface area contributed by atoms with E-state index in [1.807, 2.05) is 0 Å². The molecule has 0 bridgehead atoms. The largest absolute Gasteiger partial charge is 0.352 e. The number of amides is 1. The molecule has 1 aromatic rings. The lowest BCUT2D eigenvalue weighted by molar-refractivity contribution is 0.0954. The highest BCUT2D eigenvalue weighted by Crippen LogP contribution is 2.19. The van der Waals surface area contributed by atoms with Crippen LogP contribution >= 0.6 is 15.9 Å². The Kier molecular flexibility index (Phi) is 4.93. The zero-order chi connectivity index (χ0) is 12.8. The van der Waals surface area contributed by atoms with Crippen molar-refractivity contribution >= 4 is 21.8 Å². The third-order valence-electron chi connectivity index (χ3n) is 3.11. The average molecular weight is 309 g/mol. The summed E-state index contributed by atoms with van der Waals surface area (Å²) in [6.07, 6.45) is 9.90. The van der Waals surface area contributed by atoms with E-state index in [1.54, 1.807) is 18.3 Å². The third-order valence-corrected chi connectivity index (χ3v) is 3.54. The van der Waals surface area contributed by atoms with Gasteiger partial charge in [-0.25, -0.2) is 4.98 Å². The van der Waals surface area contributed by atoms with Gasteiger partial charge in [0.25, 0.3) is 5.91 Å². The average Bonchev–Trinajstić information content (AvgIpc) is 2.40. The number of carbonyl (C=O) groups excluding carboxylic acids is 1. The number of nitrogens with one attached hydrogen (secondary N) is 1. The predicted octanol–water partition coefficient (Wildman–Crippen LogP) is 3.46. The molecule has 0 unspecified atom stereocenters. The smallest absolute Gasteiger partial charge is 0.251 e. The van der Waals surface area contributed by atoms with E-state index >= 15 is 0 Å². The summed E-state index contributed by atoms with van der Waals surface area (Å²) >= 11 is 3.26. The normalized spacial score (nSPS) is 15.1. The van der Waals surface area contributed by atoms with Crippen LogP contribution < -0.4 is 5.32 Å². The minimum atomic E-state index is -0.0329. The van der Waals surface area contributed by atoms with Crippen LogP contribution in [0.15, 0.2) is 34.6 Å². The molecule has 0 saturated heterocycles. The van der Waals surface area contributed by atoms with Gasteiger partial charge in [0.15, 0.2) is 0 Å². The Morgan fingerprint density at radius 1 is 1.44 bits per heavy atom. The van der Waals surface area contributed by atoms with Gasteiger partial charge in [-0.05, 0) is 60.2 Å². The summed E-state index contributed by atoms with van der Waals surface area (Å²) in [5.74, 6) is -0.0329. The lowest BCUT2D eigenvalue weighted by atomic mass is 9.97. The maximum absolute atomic E-state index is 11.9. The molecule has 0 radical (unpaired) electrons. The van der Waals surface area contributed by atoms with Crippen LogP contribution in [-0.2, 0) is 0 Å². The molecule has 1 aliphatic rings. The van der Waals surface area contributed by atoms with Gasteiger partial charge in [0.1, 0.15) is 4.60 Å². The number of rotatable bonds is 4. The molecule has 0 aliphatic heterocycles. The number of halogens is 1. The highest BCUT2D eigenvalue weighted by molar-refractivity contribution is 9.10. The summed E-state index contributed by atoms with van der Waals surface area (Å²) < 4.78 is 0.685. The fourth-order valence-corrected chi connectivity index (χ4v) is 2.48. The van der Waals surface area contributed by atoms with Gasteiger partial charge in [0.05, 0.1) is 0 Å². The number of hydrogen-bond acceptors (Lipinski definition) is 2. The molecule has 0 spiro atoms. The maximum Gasteiger partial charge on any atom is 0.251 e. The maximum atomic E-state index is 11.9. The molecule has 1 N–H and O–H groups in total. The van der Waals surface area contributed by atoms with Crippen molar-refractivity contribution in [2.45, 2.75) is 32.1 Å². The molecule has 0 atom stereocenters. The molecule has 96 valence electrons. The summed E-state index contributed by atoms with van der Waals surface area (Å²) in [6, 6.07) is 3.45. The van der Waals surface area contributed by atoms with Crippen LogP contribution in [0.3, 0.4) is 0 Å². The van der Waals surface area contributed by atoms with Crippen molar-refractivity contribution in [1.82, 2.24) is 10.3 Å². The van der Waals surface area contributed by atoms with Gasteiger partial charge < -0.3 is 5.32 Å². The molecule has 0 fully saturated rings. The lowest BCUT2D eigenvalue weighted by Gasteiger charge is -2.12. The van der Waals surface area contributed by atoms with Crippen molar-refractivity contribution in [1.29, 1.82) is 0 Å². The van der Waals surface area contributed by atoms with Crippen molar-refractivity contribution in [2.24, 2.45) is 0 Å². The number of nitrogens with zero attached hydrogens (tertiary/aromatic N) is 1. The van der Waals surface area contributed by atoms with Crippen LogP contribution in [0.25, 0.3) is 0 Å². The van der Waals surface area contributed by atoms with Gasteiger partial charge in [-0.1, -0.05) is 11.6 Å². The van der Waals surface area contributed by atoms with Gasteiger partial charge in [-0.15, -0.1) is 0 Å². The minimum absolute atomic E-state index is 0.0329. The Morgan fingerprint density at radius 2 is 2.33 bits per heavy atom. The van der Waals surface area contributed by atoms with E-state index < -0.39 is 0 Å². The number of aromatic nitrogens is 1. The monoisotopic (exact) mass is 308 g/mol. The number of carbonyl (C=O) groups is 1. The van der Waals surface area contributed by atoms with Crippen LogP contribution in [-0.4, -0.2) is 17.4 Å². The summed E-state index contributed by atoms with van der Waals surface area (Å²) in [5, 5.41) is 2.95. The zero-order valence-electron chi connectivity index (χ0n) is 10.3. The van der Waals surface area contributed by atoms with Gasteiger partial charge >= 0.3 is 0 Å². The zero-order valence-corrected chi connectivity index (χ0v) is 11.9. The van der Waals surface area contributed by atoms with Crippen LogP contribution in [0, 0.1) is 0 Å². The predicted molar refractivity (Wildman–Crippen MR) is 75.4 cm³/mol. The fraction of sp³-hybridized carbons (Fsp3) is 0.429. The van der Waals surface area contributed by atoms with E-state index in [1.165, 1.54) is 31.3 Å². The standard InChI is InChI=1S/C14H17BrN2O/c15-13-10-12(7-9-16-13)14(18)17-8-6-11-4-2-1-3-5-11/h4,7,9-10H,1-3,5-6,8H2,(H,17,18). The molecule has 2 rings (SSSR count). The second kappa shape index (κ2) is 6.69. The first-order valence-electron chi connectivity index (χ1n) is 6.33. The van der Waals surface area contributed by atoms with E-state index in [4.69, 9.17) is 0 Å². The van der Waals surface area contributed by atoms with Crippen LogP contribution in [0.5, 0.6) is 0 Å². The molecule has 0 aromatic carbocycles. The summed E-state index contributed by atoms with van der Waals surface area (Å²) in [7, 11) is 0. The van der Waals surface area contributed by atoms with Crippen molar-refractivity contribution < 1.29 is 4.79 Å². The van der Waals surface area contributed by atoms with Gasteiger partial charge in [0.2, 0.25) is 0 Å². The second-order valence-electron chi connectivity index (χ2n) is 4.48. The first-order chi connectivity index (χ1) is 8.75. The second-order valence-corrected chi connectivity index (χ2v) is 5.29. The van der Waals surface area contributed by atoms with E-state index in [2.05, 4.69) is 32.3 Å². The highest BCUT2D eigenvalue weighted by Gasteiger charge is 2.07. The van der Waals surface area contributed by atoms with E-state index in [-0.39, 0.29) is 5.91 Å². The first kappa shape index (κ1) is 13.3. The van der Waals surface area contributed by atoms with Gasteiger partial charge in [-0.3, -0.25) is 4.79 Å². The molecule has 4 heteroatoms. The summed E-state index contributed by atoms with van der Waals surface area (Å²) in [4.78, 5) is 15.9. The molecule has 0 saturated carbocycles. The van der Waals surface area contributed by atoms with Crippen molar-refractivity contribution in [2.75, 3.05) is 6.54 Å².